The van der Waals surface area contributed by atoms with E-state index in [1.54, 1.807) is 12.1 Å². The molecule has 0 radical (unpaired) electrons. The number of hydrogen-bond donors (Lipinski definition) is 2. The van der Waals surface area contributed by atoms with Crippen molar-refractivity contribution in [3.8, 4) is 0 Å². The molecule has 100 valence electrons. The molecular weight excluding hydrogens is 245 g/mol. The van der Waals surface area contributed by atoms with Crippen molar-refractivity contribution in [3.05, 3.63) is 63.6 Å². The Morgan fingerprint density at radius 3 is 2.74 bits per heavy atom. The quantitative estimate of drug-likeness (QED) is 0.859. The van der Waals surface area contributed by atoms with Crippen LogP contribution in [0.25, 0.3) is 0 Å². The molecule has 1 aromatic heterocycles. The van der Waals surface area contributed by atoms with Crippen LogP contribution in [0.3, 0.4) is 0 Å². The SMILES string of the molecule is CCNCc1cc(=O)[nH]c(Cc2ccc(F)cc2)n1. The van der Waals surface area contributed by atoms with Gasteiger partial charge in [-0.15, -0.1) is 0 Å². The number of H-pyrrole nitrogens is 1. The van der Waals surface area contributed by atoms with Crippen LogP contribution < -0.4 is 10.9 Å². The van der Waals surface area contributed by atoms with Crippen molar-refractivity contribution >= 4 is 0 Å². The minimum absolute atomic E-state index is 0.167. The summed E-state index contributed by atoms with van der Waals surface area (Å²) in [4.78, 5) is 18.6. The second-order valence-electron chi connectivity index (χ2n) is 4.27. The van der Waals surface area contributed by atoms with Crippen molar-refractivity contribution < 1.29 is 4.39 Å². The molecule has 0 aliphatic heterocycles. The summed E-state index contributed by atoms with van der Waals surface area (Å²) < 4.78 is 12.8. The summed E-state index contributed by atoms with van der Waals surface area (Å²) in [6.45, 7) is 3.38. The molecule has 0 aliphatic rings. The molecule has 0 unspecified atom stereocenters. The van der Waals surface area contributed by atoms with E-state index in [2.05, 4.69) is 15.3 Å². The molecule has 0 atom stereocenters. The molecule has 19 heavy (non-hydrogen) atoms. The Morgan fingerprint density at radius 1 is 1.32 bits per heavy atom. The first-order valence-electron chi connectivity index (χ1n) is 6.21. The smallest absolute Gasteiger partial charge is 0.251 e. The molecular formula is C14H16FN3O. The zero-order valence-corrected chi connectivity index (χ0v) is 10.7. The average molecular weight is 261 g/mol. The van der Waals surface area contributed by atoms with Gasteiger partial charge in [0.2, 0.25) is 0 Å². The Labute approximate surface area is 110 Å². The van der Waals surface area contributed by atoms with E-state index in [4.69, 9.17) is 0 Å². The molecule has 0 aliphatic carbocycles. The van der Waals surface area contributed by atoms with Gasteiger partial charge in [0.1, 0.15) is 11.6 Å². The molecule has 4 nitrogen and oxygen atoms in total. The largest absolute Gasteiger partial charge is 0.311 e. The van der Waals surface area contributed by atoms with E-state index in [0.717, 1.165) is 12.1 Å². The van der Waals surface area contributed by atoms with Gasteiger partial charge in [0.25, 0.3) is 5.56 Å². The van der Waals surface area contributed by atoms with Crippen molar-refractivity contribution in [2.24, 2.45) is 0 Å². The van der Waals surface area contributed by atoms with Crippen LogP contribution in [0.5, 0.6) is 0 Å². The molecule has 0 spiro atoms. The maximum atomic E-state index is 12.8. The van der Waals surface area contributed by atoms with Gasteiger partial charge in [-0.1, -0.05) is 19.1 Å². The third-order valence-electron chi connectivity index (χ3n) is 2.68. The number of halogens is 1. The number of nitrogens with one attached hydrogen (secondary N) is 2. The number of rotatable bonds is 5. The van der Waals surface area contributed by atoms with E-state index < -0.39 is 0 Å². The molecule has 0 saturated heterocycles. The summed E-state index contributed by atoms with van der Waals surface area (Å²) in [5.74, 6) is 0.318. The fourth-order valence-corrected chi connectivity index (χ4v) is 1.79. The predicted octanol–water partition coefficient (Wildman–Crippen LogP) is 1.61. The standard InChI is InChI=1S/C14H16FN3O/c1-2-16-9-12-8-14(19)18-13(17-12)7-10-3-5-11(15)6-4-10/h3-6,8,16H,2,7,9H2,1H3,(H,17,18,19). The van der Waals surface area contributed by atoms with Gasteiger partial charge in [0.15, 0.2) is 0 Å². The Bertz CT molecular complexity index is 592. The lowest BCUT2D eigenvalue weighted by Crippen LogP contribution is -2.18. The van der Waals surface area contributed by atoms with Crippen molar-refractivity contribution in [2.75, 3.05) is 6.54 Å². The van der Waals surface area contributed by atoms with E-state index in [-0.39, 0.29) is 11.4 Å². The first-order chi connectivity index (χ1) is 9.17. The van der Waals surface area contributed by atoms with E-state index in [1.807, 2.05) is 6.92 Å². The minimum atomic E-state index is -0.272. The first kappa shape index (κ1) is 13.4. The number of benzene rings is 1. The van der Waals surface area contributed by atoms with Gasteiger partial charge in [0.05, 0.1) is 5.69 Å². The number of aromatic amines is 1. The monoisotopic (exact) mass is 261 g/mol. The van der Waals surface area contributed by atoms with Crippen LogP contribution in [0, 0.1) is 5.82 Å². The van der Waals surface area contributed by atoms with Crippen molar-refractivity contribution in [2.45, 2.75) is 19.9 Å². The van der Waals surface area contributed by atoms with Gasteiger partial charge >= 0.3 is 0 Å². The fourth-order valence-electron chi connectivity index (χ4n) is 1.79. The third-order valence-corrected chi connectivity index (χ3v) is 2.68. The lowest BCUT2D eigenvalue weighted by molar-refractivity contribution is 0.627. The van der Waals surface area contributed by atoms with Gasteiger partial charge in [-0.05, 0) is 24.2 Å². The molecule has 2 aromatic rings. The van der Waals surface area contributed by atoms with Crippen LogP contribution in [-0.2, 0) is 13.0 Å². The number of hydrogen-bond acceptors (Lipinski definition) is 3. The van der Waals surface area contributed by atoms with Crippen molar-refractivity contribution in [1.29, 1.82) is 0 Å². The Balaban J connectivity index is 2.17. The molecule has 2 N–H and O–H groups in total. The fraction of sp³-hybridized carbons (Fsp3) is 0.286. The summed E-state index contributed by atoms with van der Waals surface area (Å²) in [7, 11) is 0. The second-order valence-corrected chi connectivity index (χ2v) is 4.27. The van der Waals surface area contributed by atoms with Gasteiger partial charge in [0, 0.05) is 19.0 Å². The maximum Gasteiger partial charge on any atom is 0.251 e. The first-order valence-corrected chi connectivity index (χ1v) is 6.21. The highest BCUT2D eigenvalue weighted by molar-refractivity contribution is 5.20. The molecule has 2 rings (SSSR count). The molecule has 0 saturated carbocycles. The summed E-state index contributed by atoms with van der Waals surface area (Å²) in [6.07, 6.45) is 0.482. The van der Waals surface area contributed by atoms with Crippen molar-refractivity contribution in [1.82, 2.24) is 15.3 Å². The van der Waals surface area contributed by atoms with E-state index in [0.29, 0.717) is 24.5 Å². The second kappa shape index (κ2) is 6.24. The van der Waals surface area contributed by atoms with Gasteiger partial charge < -0.3 is 10.3 Å². The molecule has 0 fully saturated rings. The van der Waals surface area contributed by atoms with E-state index >= 15 is 0 Å². The van der Waals surface area contributed by atoms with Crippen LogP contribution in [0.1, 0.15) is 24.0 Å². The molecule has 0 bridgehead atoms. The highest BCUT2D eigenvalue weighted by atomic mass is 19.1. The summed E-state index contributed by atoms with van der Waals surface area (Å²) >= 11 is 0. The lowest BCUT2D eigenvalue weighted by atomic mass is 10.1. The van der Waals surface area contributed by atoms with Gasteiger partial charge in [-0.3, -0.25) is 4.79 Å². The summed E-state index contributed by atoms with van der Waals surface area (Å²) in [5.41, 5.74) is 1.45. The highest BCUT2D eigenvalue weighted by Crippen LogP contribution is 2.06. The van der Waals surface area contributed by atoms with Gasteiger partial charge in [-0.25, -0.2) is 9.37 Å². The average Bonchev–Trinajstić information content (AvgIpc) is 2.38. The third kappa shape index (κ3) is 3.99. The van der Waals surface area contributed by atoms with Crippen LogP contribution in [0.15, 0.2) is 35.1 Å². The van der Waals surface area contributed by atoms with Crippen LogP contribution in [-0.4, -0.2) is 16.5 Å². The number of aromatic nitrogens is 2. The topological polar surface area (TPSA) is 57.8 Å². The maximum absolute atomic E-state index is 12.8. The van der Waals surface area contributed by atoms with Crippen LogP contribution in [0.2, 0.25) is 0 Å². The van der Waals surface area contributed by atoms with Crippen LogP contribution >= 0.6 is 0 Å². The zero-order chi connectivity index (χ0) is 13.7. The zero-order valence-electron chi connectivity index (χ0n) is 10.7. The Morgan fingerprint density at radius 2 is 2.05 bits per heavy atom. The summed E-state index contributed by atoms with van der Waals surface area (Å²) in [5, 5.41) is 3.13. The minimum Gasteiger partial charge on any atom is -0.311 e. The number of nitrogens with zero attached hydrogens (tertiary/aromatic N) is 1. The Hall–Kier alpha value is -2.01. The van der Waals surface area contributed by atoms with E-state index in [9.17, 15) is 9.18 Å². The van der Waals surface area contributed by atoms with Crippen molar-refractivity contribution in [3.63, 3.8) is 0 Å². The lowest BCUT2D eigenvalue weighted by Gasteiger charge is -2.05. The molecule has 0 amide bonds. The van der Waals surface area contributed by atoms with Gasteiger partial charge in [-0.2, -0.15) is 0 Å². The Kier molecular flexibility index (Phi) is 4.41. The predicted molar refractivity (Wildman–Crippen MR) is 71.4 cm³/mol. The molecule has 1 heterocycles. The summed E-state index contributed by atoms with van der Waals surface area (Å²) in [6, 6.07) is 7.65. The van der Waals surface area contributed by atoms with Crippen LogP contribution in [0.4, 0.5) is 4.39 Å². The highest BCUT2D eigenvalue weighted by Gasteiger charge is 2.03. The normalized spacial score (nSPS) is 10.6. The van der Waals surface area contributed by atoms with E-state index in [1.165, 1.54) is 18.2 Å². The molecule has 5 heteroatoms. The molecule has 1 aromatic carbocycles.